The molecule has 1 aromatic carbocycles. The lowest BCUT2D eigenvalue weighted by Gasteiger charge is -2.27. The van der Waals surface area contributed by atoms with E-state index in [2.05, 4.69) is 15.4 Å². The van der Waals surface area contributed by atoms with Gasteiger partial charge in [0, 0.05) is 24.7 Å². The largest absolute Gasteiger partial charge is 0.454 e. The molecule has 4 rings (SSSR count). The van der Waals surface area contributed by atoms with Crippen LogP contribution in [0.1, 0.15) is 19.3 Å². The van der Waals surface area contributed by atoms with Crippen LogP contribution < -0.4 is 14.9 Å². The van der Waals surface area contributed by atoms with Crippen molar-refractivity contribution in [3.8, 4) is 11.5 Å². The van der Waals surface area contributed by atoms with E-state index in [1.165, 1.54) is 19.3 Å². The number of pyridine rings is 1. The molecule has 1 aromatic heterocycles. The highest BCUT2D eigenvalue weighted by atomic mass is 16.7. The van der Waals surface area contributed by atoms with Crippen LogP contribution in [0, 0.1) is 0 Å². The number of nitrogens with one attached hydrogen (secondary N) is 1. The third-order valence-electron chi connectivity index (χ3n) is 3.88. The number of fused-ring (bicyclic) bond motifs is 2. The van der Waals surface area contributed by atoms with Crippen molar-refractivity contribution in [3.63, 3.8) is 0 Å². The van der Waals surface area contributed by atoms with Crippen molar-refractivity contribution in [1.29, 1.82) is 0 Å². The van der Waals surface area contributed by atoms with Crippen LogP contribution in [0.2, 0.25) is 0 Å². The SMILES string of the molecule is c1cc2cc3c(cc2c(NN2CCCCC2)n1)OCO3. The fourth-order valence-electron chi connectivity index (χ4n) is 2.81. The van der Waals surface area contributed by atoms with Gasteiger partial charge in [-0.2, -0.15) is 0 Å². The Labute approximate surface area is 117 Å². The number of aromatic nitrogens is 1. The fraction of sp³-hybridized carbons (Fsp3) is 0.400. The quantitative estimate of drug-likeness (QED) is 0.910. The van der Waals surface area contributed by atoms with Gasteiger partial charge in [0.25, 0.3) is 0 Å². The van der Waals surface area contributed by atoms with Crippen LogP contribution in [0.5, 0.6) is 11.5 Å². The van der Waals surface area contributed by atoms with E-state index in [-0.39, 0.29) is 0 Å². The molecular weight excluding hydrogens is 254 g/mol. The van der Waals surface area contributed by atoms with Crippen molar-refractivity contribution >= 4 is 16.6 Å². The summed E-state index contributed by atoms with van der Waals surface area (Å²) in [5.74, 6) is 2.50. The molecule has 2 aromatic rings. The van der Waals surface area contributed by atoms with Crippen molar-refractivity contribution in [3.05, 3.63) is 24.4 Å². The Balaban J connectivity index is 1.71. The molecule has 104 valence electrons. The fourth-order valence-corrected chi connectivity index (χ4v) is 2.81. The molecule has 0 bridgehead atoms. The third kappa shape index (κ3) is 2.04. The smallest absolute Gasteiger partial charge is 0.231 e. The van der Waals surface area contributed by atoms with E-state index in [1.807, 2.05) is 24.4 Å². The predicted molar refractivity (Wildman–Crippen MR) is 76.9 cm³/mol. The van der Waals surface area contributed by atoms with Gasteiger partial charge in [0.15, 0.2) is 11.5 Å². The summed E-state index contributed by atoms with van der Waals surface area (Å²) < 4.78 is 10.9. The summed E-state index contributed by atoms with van der Waals surface area (Å²) in [7, 11) is 0. The lowest BCUT2D eigenvalue weighted by Crippen LogP contribution is -2.35. The number of benzene rings is 1. The summed E-state index contributed by atoms with van der Waals surface area (Å²) >= 11 is 0. The van der Waals surface area contributed by atoms with Gasteiger partial charge in [-0.1, -0.05) is 6.42 Å². The maximum atomic E-state index is 5.46. The summed E-state index contributed by atoms with van der Waals surface area (Å²) in [4.78, 5) is 4.48. The monoisotopic (exact) mass is 271 g/mol. The van der Waals surface area contributed by atoms with Gasteiger partial charge < -0.3 is 14.9 Å². The maximum Gasteiger partial charge on any atom is 0.231 e. The molecule has 2 aliphatic rings. The Morgan fingerprint density at radius 1 is 1.05 bits per heavy atom. The van der Waals surface area contributed by atoms with Gasteiger partial charge in [0.05, 0.1) is 0 Å². The molecule has 1 saturated heterocycles. The Bertz CT molecular complexity index is 638. The van der Waals surface area contributed by atoms with E-state index in [0.717, 1.165) is 41.2 Å². The highest BCUT2D eigenvalue weighted by Gasteiger charge is 2.17. The van der Waals surface area contributed by atoms with E-state index < -0.39 is 0 Å². The highest BCUT2D eigenvalue weighted by molar-refractivity contribution is 5.94. The molecule has 1 N–H and O–H groups in total. The van der Waals surface area contributed by atoms with E-state index >= 15 is 0 Å². The van der Waals surface area contributed by atoms with E-state index in [9.17, 15) is 0 Å². The van der Waals surface area contributed by atoms with Crippen LogP contribution in [-0.2, 0) is 0 Å². The zero-order chi connectivity index (χ0) is 13.4. The number of hydrogen-bond acceptors (Lipinski definition) is 5. The average Bonchev–Trinajstić information content (AvgIpc) is 2.94. The second kappa shape index (κ2) is 4.83. The maximum absolute atomic E-state index is 5.46. The molecule has 2 aliphatic heterocycles. The Morgan fingerprint density at radius 2 is 1.85 bits per heavy atom. The van der Waals surface area contributed by atoms with Gasteiger partial charge in [-0.3, -0.25) is 0 Å². The standard InChI is InChI=1S/C15H17N3O2/c1-2-6-18(7-3-1)17-15-12-9-14-13(19-10-20-14)8-11(12)4-5-16-15/h4-5,8-9H,1-3,6-7,10H2,(H,16,17). The summed E-state index contributed by atoms with van der Waals surface area (Å²) in [5.41, 5.74) is 3.44. The lowest BCUT2D eigenvalue weighted by atomic mass is 10.1. The number of rotatable bonds is 2. The molecule has 0 radical (unpaired) electrons. The van der Waals surface area contributed by atoms with Crippen molar-refractivity contribution < 1.29 is 9.47 Å². The van der Waals surface area contributed by atoms with Crippen LogP contribution in [0.15, 0.2) is 24.4 Å². The Morgan fingerprint density at radius 3 is 2.70 bits per heavy atom. The molecule has 0 amide bonds. The minimum absolute atomic E-state index is 0.300. The first-order valence-electron chi connectivity index (χ1n) is 7.10. The van der Waals surface area contributed by atoms with Crippen molar-refractivity contribution in [2.24, 2.45) is 0 Å². The normalized spacial score (nSPS) is 18.4. The van der Waals surface area contributed by atoms with Crippen LogP contribution in [-0.4, -0.2) is 29.9 Å². The summed E-state index contributed by atoms with van der Waals surface area (Å²) in [6.45, 7) is 2.44. The van der Waals surface area contributed by atoms with Crippen molar-refractivity contribution in [2.45, 2.75) is 19.3 Å². The molecule has 3 heterocycles. The number of anilines is 1. The van der Waals surface area contributed by atoms with E-state index in [0.29, 0.717) is 6.79 Å². The molecule has 0 spiro atoms. The average molecular weight is 271 g/mol. The first-order valence-corrected chi connectivity index (χ1v) is 7.10. The zero-order valence-electron chi connectivity index (χ0n) is 11.3. The second-order valence-electron chi connectivity index (χ2n) is 5.25. The molecule has 5 heteroatoms. The van der Waals surface area contributed by atoms with Crippen molar-refractivity contribution in [2.75, 3.05) is 25.3 Å². The molecule has 0 saturated carbocycles. The summed E-state index contributed by atoms with van der Waals surface area (Å²) in [5, 5.41) is 4.43. The minimum Gasteiger partial charge on any atom is -0.454 e. The molecule has 0 aliphatic carbocycles. The zero-order valence-corrected chi connectivity index (χ0v) is 11.3. The van der Waals surface area contributed by atoms with E-state index in [4.69, 9.17) is 9.47 Å². The first-order chi connectivity index (χ1) is 9.90. The third-order valence-corrected chi connectivity index (χ3v) is 3.88. The van der Waals surface area contributed by atoms with Crippen LogP contribution in [0.4, 0.5) is 5.82 Å². The van der Waals surface area contributed by atoms with Crippen LogP contribution in [0.25, 0.3) is 10.8 Å². The van der Waals surface area contributed by atoms with Gasteiger partial charge in [0.2, 0.25) is 6.79 Å². The van der Waals surface area contributed by atoms with Gasteiger partial charge in [0.1, 0.15) is 5.82 Å². The summed E-state index contributed by atoms with van der Waals surface area (Å²) in [6.07, 6.45) is 5.63. The molecule has 5 nitrogen and oxygen atoms in total. The predicted octanol–water partition coefficient (Wildman–Crippen LogP) is 2.78. The molecule has 0 atom stereocenters. The topological polar surface area (TPSA) is 46.6 Å². The second-order valence-corrected chi connectivity index (χ2v) is 5.25. The van der Waals surface area contributed by atoms with Crippen LogP contribution in [0.3, 0.4) is 0 Å². The molecule has 0 unspecified atom stereocenters. The lowest BCUT2D eigenvalue weighted by molar-refractivity contribution is 0.174. The van der Waals surface area contributed by atoms with Crippen LogP contribution >= 0.6 is 0 Å². The molecule has 20 heavy (non-hydrogen) atoms. The number of hydrazine groups is 1. The molecular formula is C15H17N3O2. The molecule has 1 fully saturated rings. The number of ether oxygens (including phenoxy) is 2. The van der Waals surface area contributed by atoms with Gasteiger partial charge >= 0.3 is 0 Å². The Kier molecular flexibility index (Phi) is 2.85. The van der Waals surface area contributed by atoms with E-state index in [1.54, 1.807) is 0 Å². The van der Waals surface area contributed by atoms with Gasteiger partial charge in [-0.15, -0.1) is 0 Å². The number of piperidine rings is 1. The van der Waals surface area contributed by atoms with Crippen molar-refractivity contribution in [1.82, 2.24) is 9.99 Å². The van der Waals surface area contributed by atoms with Gasteiger partial charge in [-0.25, -0.2) is 9.99 Å². The number of nitrogens with zero attached hydrogens (tertiary/aromatic N) is 2. The summed E-state index contributed by atoms with van der Waals surface area (Å²) in [6, 6.07) is 6.02. The number of hydrogen-bond donors (Lipinski definition) is 1. The van der Waals surface area contributed by atoms with Gasteiger partial charge in [-0.05, 0) is 36.4 Å². The Hall–Kier alpha value is -2.01. The highest BCUT2D eigenvalue weighted by Crippen LogP contribution is 2.37. The first kappa shape index (κ1) is 11.8. The minimum atomic E-state index is 0.300.